The van der Waals surface area contributed by atoms with Crippen LogP contribution in [-0.2, 0) is 4.79 Å². The van der Waals surface area contributed by atoms with Crippen LogP contribution < -0.4 is 0 Å². The van der Waals surface area contributed by atoms with Gasteiger partial charge in [-0.2, -0.15) is 0 Å². The number of carbonyl (C=O) groups is 1. The molecule has 2 heteroatoms. The van der Waals surface area contributed by atoms with Crippen molar-refractivity contribution in [1.82, 2.24) is 0 Å². The second-order valence-corrected chi connectivity index (χ2v) is 3.51. The van der Waals surface area contributed by atoms with E-state index in [4.69, 9.17) is 0 Å². The Morgan fingerprint density at radius 1 is 1.33 bits per heavy atom. The van der Waals surface area contributed by atoms with Crippen molar-refractivity contribution in [1.29, 1.82) is 0 Å². The molecule has 2 nitrogen and oxygen atoms in total. The van der Waals surface area contributed by atoms with Crippen molar-refractivity contribution in [3.8, 4) is 0 Å². The van der Waals surface area contributed by atoms with Crippen LogP contribution in [0.2, 0.25) is 0 Å². The molecule has 1 atom stereocenters. The Morgan fingerprint density at radius 2 is 1.92 bits per heavy atom. The van der Waals surface area contributed by atoms with Crippen molar-refractivity contribution in [2.75, 3.05) is 0 Å². The van der Waals surface area contributed by atoms with Crippen molar-refractivity contribution in [3.05, 3.63) is 0 Å². The van der Waals surface area contributed by atoms with Crippen molar-refractivity contribution in [3.63, 3.8) is 0 Å². The molecule has 0 amide bonds. The highest BCUT2D eigenvalue weighted by Gasteiger charge is 2.26. The SMILES string of the molecule is CCCCCC(=O)C(C)(O)CC. The second kappa shape index (κ2) is 5.31. The fourth-order valence-corrected chi connectivity index (χ4v) is 1.00. The average molecular weight is 172 g/mol. The predicted octanol–water partition coefficient (Wildman–Crippen LogP) is 2.30. The standard InChI is InChI=1S/C10H20O2/c1-4-6-7-8-9(11)10(3,12)5-2/h12H,4-8H2,1-3H3. The van der Waals surface area contributed by atoms with E-state index in [2.05, 4.69) is 6.92 Å². The zero-order valence-corrected chi connectivity index (χ0v) is 8.39. The van der Waals surface area contributed by atoms with Gasteiger partial charge in [-0.3, -0.25) is 4.79 Å². The summed E-state index contributed by atoms with van der Waals surface area (Å²) in [5.41, 5.74) is -1.09. The van der Waals surface area contributed by atoms with Crippen LogP contribution in [0.3, 0.4) is 0 Å². The Bertz CT molecular complexity index is 139. The van der Waals surface area contributed by atoms with Crippen molar-refractivity contribution < 1.29 is 9.90 Å². The summed E-state index contributed by atoms with van der Waals surface area (Å²) in [6.07, 6.45) is 4.13. The van der Waals surface area contributed by atoms with E-state index in [1.54, 1.807) is 6.92 Å². The van der Waals surface area contributed by atoms with Crippen LogP contribution in [0.15, 0.2) is 0 Å². The summed E-state index contributed by atoms with van der Waals surface area (Å²) in [5, 5.41) is 9.54. The minimum absolute atomic E-state index is 0.0153. The molecule has 0 aliphatic heterocycles. The van der Waals surface area contributed by atoms with Crippen LogP contribution in [0.1, 0.15) is 52.9 Å². The molecule has 0 rings (SSSR count). The smallest absolute Gasteiger partial charge is 0.164 e. The highest BCUT2D eigenvalue weighted by molar-refractivity contribution is 5.86. The lowest BCUT2D eigenvalue weighted by Gasteiger charge is -2.19. The Morgan fingerprint density at radius 3 is 2.33 bits per heavy atom. The Balaban J connectivity index is 3.72. The summed E-state index contributed by atoms with van der Waals surface area (Å²) in [5.74, 6) is -0.0153. The van der Waals surface area contributed by atoms with Crippen LogP contribution in [0.5, 0.6) is 0 Å². The van der Waals surface area contributed by atoms with Gasteiger partial charge in [0.15, 0.2) is 5.78 Å². The van der Waals surface area contributed by atoms with Gasteiger partial charge in [-0.25, -0.2) is 0 Å². The third-order valence-electron chi connectivity index (χ3n) is 2.30. The molecular weight excluding hydrogens is 152 g/mol. The molecule has 0 saturated carbocycles. The van der Waals surface area contributed by atoms with Gasteiger partial charge in [-0.1, -0.05) is 26.7 Å². The first-order chi connectivity index (χ1) is 5.54. The molecule has 1 unspecified atom stereocenters. The molecule has 0 aromatic rings. The first-order valence-electron chi connectivity index (χ1n) is 4.80. The van der Waals surface area contributed by atoms with E-state index in [-0.39, 0.29) is 5.78 Å². The molecule has 12 heavy (non-hydrogen) atoms. The van der Waals surface area contributed by atoms with E-state index < -0.39 is 5.60 Å². The summed E-state index contributed by atoms with van der Waals surface area (Å²) in [6, 6.07) is 0. The summed E-state index contributed by atoms with van der Waals surface area (Å²) in [7, 11) is 0. The molecule has 0 spiro atoms. The maximum Gasteiger partial charge on any atom is 0.164 e. The fraction of sp³-hybridized carbons (Fsp3) is 0.900. The van der Waals surface area contributed by atoms with Gasteiger partial charge in [-0.05, 0) is 19.8 Å². The molecule has 0 aliphatic carbocycles. The van der Waals surface area contributed by atoms with E-state index in [0.29, 0.717) is 12.8 Å². The molecule has 1 N–H and O–H groups in total. The summed E-state index contributed by atoms with van der Waals surface area (Å²) in [6.45, 7) is 5.53. The maximum atomic E-state index is 11.3. The molecule has 72 valence electrons. The molecule has 0 bridgehead atoms. The monoisotopic (exact) mass is 172 g/mol. The van der Waals surface area contributed by atoms with Gasteiger partial charge in [0.2, 0.25) is 0 Å². The van der Waals surface area contributed by atoms with E-state index >= 15 is 0 Å². The quantitative estimate of drug-likeness (QED) is 0.624. The van der Waals surface area contributed by atoms with E-state index in [1.807, 2.05) is 6.92 Å². The number of hydrogen-bond donors (Lipinski definition) is 1. The zero-order chi connectivity index (χ0) is 9.61. The first kappa shape index (κ1) is 11.6. The van der Waals surface area contributed by atoms with Gasteiger partial charge in [0.05, 0.1) is 0 Å². The maximum absolute atomic E-state index is 11.3. The highest BCUT2D eigenvalue weighted by atomic mass is 16.3. The molecule has 0 aromatic heterocycles. The van der Waals surface area contributed by atoms with Gasteiger partial charge in [-0.15, -0.1) is 0 Å². The fourth-order valence-electron chi connectivity index (χ4n) is 1.00. The summed E-state index contributed by atoms with van der Waals surface area (Å²) >= 11 is 0. The molecule has 0 saturated heterocycles. The lowest BCUT2D eigenvalue weighted by molar-refractivity contribution is -0.136. The molecular formula is C10H20O2. The summed E-state index contributed by atoms with van der Waals surface area (Å²) < 4.78 is 0. The first-order valence-corrected chi connectivity index (χ1v) is 4.80. The van der Waals surface area contributed by atoms with E-state index in [9.17, 15) is 9.90 Å². The molecule has 0 radical (unpaired) electrons. The van der Waals surface area contributed by atoms with E-state index in [1.165, 1.54) is 0 Å². The van der Waals surface area contributed by atoms with Crippen LogP contribution in [0.4, 0.5) is 0 Å². The third kappa shape index (κ3) is 3.86. The number of hydrogen-bond acceptors (Lipinski definition) is 2. The van der Waals surface area contributed by atoms with Crippen molar-refractivity contribution >= 4 is 5.78 Å². The number of aliphatic hydroxyl groups is 1. The normalized spacial score (nSPS) is 15.7. The largest absolute Gasteiger partial charge is 0.382 e. The van der Waals surface area contributed by atoms with Gasteiger partial charge in [0.25, 0.3) is 0 Å². The highest BCUT2D eigenvalue weighted by Crippen LogP contribution is 2.14. The number of unbranched alkanes of at least 4 members (excludes halogenated alkanes) is 2. The second-order valence-electron chi connectivity index (χ2n) is 3.51. The van der Waals surface area contributed by atoms with Crippen molar-refractivity contribution in [2.24, 2.45) is 0 Å². The lowest BCUT2D eigenvalue weighted by atomic mass is 9.94. The number of carbonyl (C=O) groups excluding carboxylic acids is 1. The Kier molecular flexibility index (Phi) is 5.14. The van der Waals surface area contributed by atoms with Crippen LogP contribution in [0, 0.1) is 0 Å². The topological polar surface area (TPSA) is 37.3 Å². The van der Waals surface area contributed by atoms with Gasteiger partial charge in [0, 0.05) is 6.42 Å². The van der Waals surface area contributed by atoms with Crippen LogP contribution in [0.25, 0.3) is 0 Å². The van der Waals surface area contributed by atoms with Gasteiger partial charge in [0.1, 0.15) is 5.60 Å². The molecule has 0 heterocycles. The van der Waals surface area contributed by atoms with Gasteiger partial charge >= 0.3 is 0 Å². The molecule has 0 aliphatic rings. The molecule has 0 fully saturated rings. The van der Waals surface area contributed by atoms with E-state index in [0.717, 1.165) is 19.3 Å². The lowest BCUT2D eigenvalue weighted by Crippen LogP contribution is -2.33. The summed E-state index contributed by atoms with van der Waals surface area (Å²) in [4.78, 5) is 11.3. The minimum atomic E-state index is -1.09. The Labute approximate surface area is 75.0 Å². The number of Topliss-reactive ketones (excluding diaryl/α,β-unsaturated/α-hetero) is 1. The predicted molar refractivity (Wildman–Crippen MR) is 50.1 cm³/mol. The average Bonchev–Trinajstić information content (AvgIpc) is 2.05. The third-order valence-corrected chi connectivity index (χ3v) is 2.30. The minimum Gasteiger partial charge on any atom is -0.382 e. The Hall–Kier alpha value is -0.370. The zero-order valence-electron chi connectivity index (χ0n) is 8.39. The van der Waals surface area contributed by atoms with Gasteiger partial charge < -0.3 is 5.11 Å². The van der Waals surface area contributed by atoms with Crippen molar-refractivity contribution in [2.45, 2.75) is 58.5 Å². The van der Waals surface area contributed by atoms with Crippen LogP contribution in [-0.4, -0.2) is 16.5 Å². The van der Waals surface area contributed by atoms with Crippen LogP contribution >= 0.6 is 0 Å². The number of rotatable bonds is 6. The number of ketones is 1. The molecule has 0 aromatic carbocycles.